The second-order valence-corrected chi connectivity index (χ2v) is 4.54. The van der Waals surface area contributed by atoms with Crippen LogP contribution in [0.25, 0.3) is 0 Å². The highest BCUT2D eigenvalue weighted by atomic mass is 79.9. The molecule has 18 heavy (non-hydrogen) atoms. The third-order valence-electron chi connectivity index (χ3n) is 2.25. The highest BCUT2D eigenvalue weighted by molar-refractivity contribution is 9.10. The molecule has 0 fully saturated rings. The van der Waals surface area contributed by atoms with Crippen molar-refractivity contribution in [1.82, 2.24) is 0 Å². The lowest BCUT2D eigenvalue weighted by Crippen LogP contribution is -2.08. The van der Waals surface area contributed by atoms with Crippen molar-refractivity contribution in [3.05, 3.63) is 52.5 Å². The fourth-order valence-corrected chi connectivity index (χ4v) is 1.79. The van der Waals surface area contributed by atoms with E-state index in [2.05, 4.69) is 15.9 Å². The van der Waals surface area contributed by atoms with Gasteiger partial charge in [-0.2, -0.15) is 0 Å². The quantitative estimate of drug-likeness (QED) is 0.508. The number of anilines is 1. The third kappa shape index (κ3) is 2.81. The van der Waals surface area contributed by atoms with Gasteiger partial charge in [-0.05, 0) is 30.3 Å². The van der Waals surface area contributed by atoms with Gasteiger partial charge in [-0.3, -0.25) is 0 Å². The van der Waals surface area contributed by atoms with Crippen LogP contribution in [-0.4, -0.2) is 11.1 Å². The van der Waals surface area contributed by atoms with Crippen LogP contribution >= 0.6 is 15.9 Å². The highest BCUT2D eigenvalue weighted by Crippen LogP contribution is 2.23. The van der Waals surface area contributed by atoms with Gasteiger partial charge in [0.05, 0.1) is 0 Å². The van der Waals surface area contributed by atoms with Crippen LogP contribution in [0.4, 0.5) is 5.69 Å². The summed E-state index contributed by atoms with van der Waals surface area (Å²) in [4.78, 5) is 11.8. The van der Waals surface area contributed by atoms with E-state index in [0.29, 0.717) is 11.4 Å². The van der Waals surface area contributed by atoms with E-state index in [9.17, 15) is 9.90 Å². The first-order chi connectivity index (χ1) is 8.56. The summed E-state index contributed by atoms with van der Waals surface area (Å²) < 4.78 is 5.93. The lowest BCUT2D eigenvalue weighted by atomic mass is 10.2. The van der Waals surface area contributed by atoms with Gasteiger partial charge in [-0.1, -0.05) is 22.0 Å². The molecule has 0 saturated heterocycles. The van der Waals surface area contributed by atoms with Gasteiger partial charge in [0.25, 0.3) is 0 Å². The molecule has 0 aliphatic rings. The number of benzene rings is 2. The minimum Gasteiger partial charge on any atom is -0.507 e. The Kier molecular flexibility index (Phi) is 3.53. The highest BCUT2D eigenvalue weighted by Gasteiger charge is 2.13. The molecule has 0 aliphatic heterocycles. The number of carbonyl (C=O) groups is 1. The average molecular weight is 308 g/mol. The standard InChI is InChI=1S/C13H10BrNO3/c14-8-2-1-3-10(6-8)18-13(17)11-5-4-9(15)7-12(11)16/h1-7,16H,15H2. The number of halogens is 1. The smallest absolute Gasteiger partial charge is 0.347 e. The Balaban J connectivity index is 2.22. The summed E-state index contributed by atoms with van der Waals surface area (Å²) in [5.41, 5.74) is 5.94. The molecule has 0 aromatic heterocycles. The Morgan fingerprint density at radius 3 is 2.67 bits per heavy atom. The minimum atomic E-state index is -0.634. The molecular formula is C13H10BrNO3. The number of phenolic OH excluding ortho intramolecular Hbond substituents is 1. The maximum absolute atomic E-state index is 11.8. The van der Waals surface area contributed by atoms with Gasteiger partial charge in [0.1, 0.15) is 17.1 Å². The normalized spacial score (nSPS) is 10.1. The van der Waals surface area contributed by atoms with Gasteiger partial charge in [-0.25, -0.2) is 4.79 Å². The maximum Gasteiger partial charge on any atom is 0.347 e. The maximum atomic E-state index is 11.8. The summed E-state index contributed by atoms with van der Waals surface area (Å²) in [6.45, 7) is 0. The van der Waals surface area contributed by atoms with Gasteiger partial charge in [-0.15, -0.1) is 0 Å². The van der Waals surface area contributed by atoms with Crippen molar-refractivity contribution in [2.24, 2.45) is 0 Å². The first-order valence-electron chi connectivity index (χ1n) is 5.12. The fraction of sp³-hybridized carbons (Fsp3) is 0. The number of phenols is 1. The average Bonchev–Trinajstić information content (AvgIpc) is 2.28. The van der Waals surface area contributed by atoms with Crippen LogP contribution in [0.1, 0.15) is 10.4 Å². The Hall–Kier alpha value is -2.01. The molecule has 2 aromatic carbocycles. The number of carbonyl (C=O) groups excluding carboxylic acids is 1. The largest absolute Gasteiger partial charge is 0.507 e. The molecule has 0 radical (unpaired) electrons. The Morgan fingerprint density at radius 2 is 2.00 bits per heavy atom. The lowest BCUT2D eigenvalue weighted by molar-refractivity contribution is 0.0731. The van der Waals surface area contributed by atoms with Crippen molar-refractivity contribution in [2.45, 2.75) is 0 Å². The first-order valence-corrected chi connectivity index (χ1v) is 5.92. The molecule has 3 N–H and O–H groups in total. The third-order valence-corrected chi connectivity index (χ3v) is 2.74. The number of hydrogen-bond donors (Lipinski definition) is 2. The summed E-state index contributed by atoms with van der Waals surface area (Å²) in [6.07, 6.45) is 0. The van der Waals surface area contributed by atoms with Crippen LogP contribution in [-0.2, 0) is 0 Å². The summed E-state index contributed by atoms with van der Waals surface area (Å²) >= 11 is 3.28. The number of esters is 1. The second-order valence-electron chi connectivity index (χ2n) is 3.62. The number of hydrogen-bond acceptors (Lipinski definition) is 4. The molecule has 0 unspecified atom stereocenters. The van der Waals surface area contributed by atoms with Gasteiger partial charge < -0.3 is 15.6 Å². The van der Waals surface area contributed by atoms with Crippen LogP contribution in [0.15, 0.2) is 46.9 Å². The van der Waals surface area contributed by atoms with Crippen molar-refractivity contribution in [3.63, 3.8) is 0 Å². The van der Waals surface area contributed by atoms with E-state index >= 15 is 0 Å². The monoisotopic (exact) mass is 307 g/mol. The number of aromatic hydroxyl groups is 1. The van der Waals surface area contributed by atoms with Crippen molar-refractivity contribution >= 4 is 27.6 Å². The van der Waals surface area contributed by atoms with Crippen LogP contribution in [0.5, 0.6) is 11.5 Å². The number of rotatable bonds is 2. The molecule has 0 spiro atoms. The molecule has 5 heteroatoms. The van der Waals surface area contributed by atoms with Crippen molar-refractivity contribution < 1.29 is 14.6 Å². The summed E-state index contributed by atoms with van der Waals surface area (Å²) in [6, 6.07) is 11.1. The molecule has 0 bridgehead atoms. The van der Waals surface area contributed by atoms with E-state index in [4.69, 9.17) is 10.5 Å². The van der Waals surface area contributed by atoms with E-state index in [-0.39, 0.29) is 11.3 Å². The van der Waals surface area contributed by atoms with E-state index < -0.39 is 5.97 Å². The van der Waals surface area contributed by atoms with E-state index in [1.54, 1.807) is 18.2 Å². The molecule has 4 nitrogen and oxygen atoms in total. The second kappa shape index (κ2) is 5.10. The fourth-order valence-electron chi connectivity index (χ4n) is 1.41. The molecule has 0 atom stereocenters. The van der Waals surface area contributed by atoms with Gasteiger partial charge in [0.2, 0.25) is 0 Å². The van der Waals surface area contributed by atoms with Gasteiger partial charge in [0, 0.05) is 16.2 Å². The predicted molar refractivity (Wildman–Crippen MR) is 71.6 cm³/mol. The van der Waals surface area contributed by atoms with Crippen LogP contribution in [0.3, 0.4) is 0 Å². The van der Waals surface area contributed by atoms with Gasteiger partial charge >= 0.3 is 5.97 Å². The van der Waals surface area contributed by atoms with Crippen LogP contribution < -0.4 is 10.5 Å². The Labute approximate surface area is 112 Å². The molecule has 0 amide bonds. The molecule has 0 saturated carbocycles. The van der Waals surface area contributed by atoms with Crippen molar-refractivity contribution in [1.29, 1.82) is 0 Å². The molecular weight excluding hydrogens is 298 g/mol. The first kappa shape index (κ1) is 12.4. The molecule has 0 aliphatic carbocycles. The number of ether oxygens (including phenoxy) is 1. The lowest BCUT2D eigenvalue weighted by Gasteiger charge is -2.06. The molecule has 92 valence electrons. The summed E-state index contributed by atoms with van der Waals surface area (Å²) in [5, 5.41) is 9.60. The van der Waals surface area contributed by atoms with Crippen LogP contribution in [0.2, 0.25) is 0 Å². The summed E-state index contributed by atoms with van der Waals surface area (Å²) in [5.74, 6) is -0.439. The Bertz CT molecular complexity index is 599. The Morgan fingerprint density at radius 1 is 1.22 bits per heavy atom. The van der Waals surface area contributed by atoms with E-state index in [0.717, 1.165) is 4.47 Å². The van der Waals surface area contributed by atoms with Crippen molar-refractivity contribution in [3.8, 4) is 11.5 Å². The molecule has 0 heterocycles. The van der Waals surface area contributed by atoms with Crippen molar-refractivity contribution in [2.75, 3.05) is 5.73 Å². The topological polar surface area (TPSA) is 72.6 Å². The zero-order valence-corrected chi connectivity index (χ0v) is 10.8. The summed E-state index contributed by atoms with van der Waals surface area (Å²) in [7, 11) is 0. The molecule has 2 aromatic rings. The molecule has 2 rings (SSSR count). The zero-order chi connectivity index (χ0) is 13.1. The van der Waals surface area contributed by atoms with Crippen LogP contribution in [0, 0.1) is 0 Å². The SMILES string of the molecule is Nc1ccc(C(=O)Oc2cccc(Br)c2)c(O)c1. The number of nitrogen functional groups attached to an aromatic ring is 1. The minimum absolute atomic E-state index is 0.0733. The predicted octanol–water partition coefficient (Wildman–Crippen LogP) is 2.96. The van der Waals surface area contributed by atoms with E-state index in [1.807, 2.05) is 6.07 Å². The zero-order valence-electron chi connectivity index (χ0n) is 9.26. The number of nitrogens with two attached hydrogens (primary N) is 1. The van der Waals surface area contributed by atoms with E-state index in [1.165, 1.54) is 18.2 Å². The van der Waals surface area contributed by atoms with Gasteiger partial charge in [0.15, 0.2) is 0 Å².